The molecule has 5 unspecified atom stereocenters. The minimum absolute atomic E-state index is 0.0836. The number of rotatable bonds is 10. The first kappa shape index (κ1) is 23.8. The fraction of sp³-hybridized carbons (Fsp3) is 0.654. The van der Waals surface area contributed by atoms with Crippen LogP contribution in [-0.2, 0) is 19.0 Å². The van der Waals surface area contributed by atoms with Crippen LogP contribution in [0.5, 0.6) is 5.75 Å². The van der Waals surface area contributed by atoms with Crippen molar-refractivity contribution < 1.29 is 23.7 Å². The zero-order chi connectivity index (χ0) is 22.4. The van der Waals surface area contributed by atoms with Crippen molar-refractivity contribution in [2.45, 2.75) is 70.7 Å². The third-order valence-corrected chi connectivity index (χ3v) is 6.82. The van der Waals surface area contributed by atoms with Gasteiger partial charge >= 0.3 is 5.97 Å². The Balaban J connectivity index is 1.62. The molecule has 5 nitrogen and oxygen atoms in total. The number of carbonyl (C=O) groups excluding carboxylic acids is 1. The molecule has 1 aliphatic carbocycles. The maximum absolute atomic E-state index is 12.5. The lowest BCUT2D eigenvalue weighted by atomic mass is 9.68. The van der Waals surface area contributed by atoms with Crippen LogP contribution in [-0.4, -0.2) is 44.6 Å². The molecule has 2 fully saturated rings. The van der Waals surface area contributed by atoms with Crippen molar-refractivity contribution in [2.75, 3.05) is 20.8 Å². The fourth-order valence-corrected chi connectivity index (χ4v) is 5.04. The van der Waals surface area contributed by atoms with Gasteiger partial charge in [0.05, 0.1) is 25.4 Å². The molecule has 3 rings (SSSR count). The van der Waals surface area contributed by atoms with Crippen molar-refractivity contribution >= 4 is 12.0 Å². The van der Waals surface area contributed by atoms with Crippen LogP contribution >= 0.6 is 0 Å². The van der Waals surface area contributed by atoms with E-state index in [1.807, 2.05) is 24.3 Å². The van der Waals surface area contributed by atoms with Crippen LogP contribution in [0.4, 0.5) is 0 Å². The molecular formula is C26H38O5. The second-order valence-electron chi connectivity index (χ2n) is 9.50. The van der Waals surface area contributed by atoms with Crippen LogP contribution in [0.2, 0.25) is 0 Å². The number of hydrogen-bond donors (Lipinski definition) is 0. The second-order valence-corrected chi connectivity index (χ2v) is 9.50. The van der Waals surface area contributed by atoms with E-state index in [4.69, 9.17) is 18.9 Å². The SMILES string of the molecule is COc1ccc(C=CC(=O)OC2CCC3(CO3)C(C(C)CCCC(C)C)C2OC)cc1. The molecule has 1 aromatic rings. The number of esters is 1. The molecule has 1 saturated heterocycles. The summed E-state index contributed by atoms with van der Waals surface area (Å²) in [5, 5.41) is 0. The Bertz CT molecular complexity index is 735. The summed E-state index contributed by atoms with van der Waals surface area (Å²) in [4.78, 5) is 12.5. The molecule has 2 aliphatic rings. The lowest BCUT2D eigenvalue weighted by Gasteiger charge is -2.43. The van der Waals surface area contributed by atoms with Crippen molar-refractivity contribution in [3.8, 4) is 5.75 Å². The molecule has 1 saturated carbocycles. The van der Waals surface area contributed by atoms with Gasteiger partial charge < -0.3 is 18.9 Å². The molecule has 0 amide bonds. The van der Waals surface area contributed by atoms with Crippen molar-refractivity contribution in [2.24, 2.45) is 17.8 Å². The van der Waals surface area contributed by atoms with E-state index in [0.717, 1.165) is 37.2 Å². The van der Waals surface area contributed by atoms with Gasteiger partial charge in [0.15, 0.2) is 0 Å². The van der Waals surface area contributed by atoms with E-state index < -0.39 is 0 Å². The monoisotopic (exact) mass is 430 g/mol. The fourth-order valence-electron chi connectivity index (χ4n) is 5.04. The molecule has 0 bridgehead atoms. The molecule has 0 N–H and O–H groups in total. The number of epoxide rings is 1. The second kappa shape index (κ2) is 10.6. The first-order valence-corrected chi connectivity index (χ1v) is 11.6. The van der Waals surface area contributed by atoms with Gasteiger partial charge in [0.1, 0.15) is 11.9 Å². The van der Waals surface area contributed by atoms with E-state index in [1.165, 1.54) is 18.9 Å². The van der Waals surface area contributed by atoms with Gasteiger partial charge in [0.25, 0.3) is 0 Å². The predicted octanol–water partition coefficient (Wildman–Crippen LogP) is 5.28. The summed E-state index contributed by atoms with van der Waals surface area (Å²) >= 11 is 0. The molecule has 0 aromatic heterocycles. The molecule has 31 heavy (non-hydrogen) atoms. The third kappa shape index (κ3) is 6.11. The highest BCUT2D eigenvalue weighted by Gasteiger charge is 2.60. The van der Waals surface area contributed by atoms with Crippen molar-refractivity contribution in [1.29, 1.82) is 0 Å². The summed E-state index contributed by atoms with van der Waals surface area (Å²) in [5.41, 5.74) is 0.839. The first-order chi connectivity index (χ1) is 14.9. The van der Waals surface area contributed by atoms with Gasteiger partial charge in [-0.05, 0) is 48.4 Å². The number of hydrogen-bond acceptors (Lipinski definition) is 5. The summed E-state index contributed by atoms with van der Waals surface area (Å²) in [6, 6.07) is 7.55. The molecule has 1 aliphatic heterocycles. The third-order valence-electron chi connectivity index (χ3n) is 6.82. The highest BCUT2D eigenvalue weighted by molar-refractivity contribution is 5.87. The van der Waals surface area contributed by atoms with Crippen LogP contribution in [0.1, 0.15) is 58.4 Å². The Hall–Kier alpha value is -1.85. The number of ether oxygens (including phenoxy) is 4. The Morgan fingerprint density at radius 1 is 1.19 bits per heavy atom. The highest BCUT2D eigenvalue weighted by Crippen LogP contribution is 2.51. The summed E-state index contributed by atoms with van der Waals surface area (Å²) in [6.07, 6.45) is 8.16. The highest BCUT2D eigenvalue weighted by atomic mass is 16.6. The summed E-state index contributed by atoms with van der Waals surface area (Å²) in [5.74, 6) is 1.88. The van der Waals surface area contributed by atoms with E-state index in [-0.39, 0.29) is 29.7 Å². The van der Waals surface area contributed by atoms with Gasteiger partial charge in [-0.3, -0.25) is 0 Å². The van der Waals surface area contributed by atoms with E-state index in [0.29, 0.717) is 11.8 Å². The molecule has 172 valence electrons. The zero-order valence-electron chi connectivity index (χ0n) is 19.6. The quantitative estimate of drug-likeness (QED) is 0.287. The van der Waals surface area contributed by atoms with E-state index in [9.17, 15) is 4.79 Å². The van der Waals surface area contributed by atoms with E-state index >= 15 is 0 Å². The van der Waals surface area contributed by atoms with Gasteiger partial charge in [-0.1, -0.05) is 52.2 Å². The Morgan fingerprint density at radius 3 is 2.48 bits per heavy atom. The van der Waals surface area contributed by atoms with Gasteiger partial charge in [-0.2, -0.15) is 0 Å². The van der Waals surface area contributed by atoms with E-state index in [1.54, 1.807) is 20.3 Å². The molecule has 1 spiro atoms. The average Bonchev–Trinajstić information content (AvgIpc) is 3.53. The van der Waals surface area contributed by atoms with Gasteiger partial charge in [-0.25, -0.2) is 4.79 Å². The topological polar surface area (TPSA) is 57.3 Å². The van der Waals surface area contributed by atoms with Crippen LogP contribution in [0.15, 0.2) is 30.3 Å². The van der Waals surface area contributed by atoms with Crippen LogP contribution in [0.25, 0.3) is 6.08 Å². The molecule has 0 radical (unpaired) electrons. The summed E-state index contributed by atoms with van der Waals surface area (Å²) in [7, 11) is 3.36. The van der Waals surface area contributed by atoms with Crippen molar-refractivity contribution in [3.63, 3.8) is 0 Å². The number of carbonyl (C=O) groups is 1. The maximum Gasteiger partial charge on any atom is 0.331 e. The van der Waals surface area contributed by atoms with Crippen molar-refractivity contribution in [1.82, 2.24) is 0 Å². The van der Waals surface area contributed by atoms with E-state index in [2.05, 4.69) is 20.8 Å². The summed E-state index contributed by atoms with van der Waals surface area (Å²) in [6.45, 7) is 7.63. The lowest BCUT2D eigenvalue weighted by Crippen LogP contribution is -2.52. The molecule has 1 heterocycles. The molecular weight excluding hydrogens is 392 g/mol. The largest absolute Gasteiger partial charge is 0.497 e. The molecule has 1 aromatic carbocycles. The van der Waals surface area contributed by atoms with Crippen LogP contribution in [0.3, 0.4) is 0 Å². The van der Waals surface area contributed by atoms with Crippen LogP contribution in [0, 0.1) is 17.8 Å². The Labute approximate surface area is 187 Å². The lowest BCUT2D eigenvalue weighted by molar-refractivity contribution is -0.165. The first-order valence-electron chi connectivity index (χ1n) is 11.6. The predicted molar refractivity (Wildman–Crippen MR) is 122 cm³/mol. The maximum atomic E-state index is 12.5. The van der Waals surface area contributed by atoms with Crippen LogP contribution < -0.4 is 4.74 Å². The number of benzene rings is 1. The average molecular weight is 431 g/mol. The number of methoxy groups -OCH3 is 2. The standard InChI is InChI=1S/C26H38O5/c1-18(2)7-6-8-19(3)24-25(29-5)22(15-16-26(24)17-30-26)31-23(27)14-11-20-9-12-21(28-4)13-10-20/h9-14,18-19,22,24-25H,6-8,15-17H2,1-5H3. The van der Waals surface area contributed by atoms with Crippen molar-refractivity contribution in [3.05, 3.63) is 35.9 Å². The molecule has 5 heteroatoms. The van der Waals surface area contributed by atoms with Gasteiger partial charge in [0.2, 0.25) is 0 Å². The minimum atomic E-state index is -0.332. The Morgan fingerprint density at radius 2 is 1.90 bits per heavy atom. The van der Waals surface area contributed by atoms with Gasteiger partial charge in [-0.15, -0.1) is 0 Å². The Kier molecular flexibility index (Phi) is 8.17. The zero-order valence-corrected chi connectivity index (χ0v) is 19.6. The smallest absolute Gasteiger partial charge is 0.331 e. The summed E-state index contributed by atoms with van der Waals surface area (Å²) < 4.78 is 22.9. The van der Waals surface area contributed by atoms with Gasteiger partial charge in [0, 0.05) is 19.1 Å². The minimum Gasteiger partial charge on any atom is -0.497 e. The normalized spacial score (nSPS) is 28.8. The molecule has 5 atom stereocenters.